The van der Waals surface area contributed by atoms with Crippen LogP contribution in [0, 0.1) is 0 Å². The van der Waals surface area contributed by atoms with Crippen molar-refractivity contribution in [3.63, 3.8) is 0 Å². The van der Waals surface area contributed by atoms with Crippen LogP contribution in [-0.2, 0) is 9.13 Å². The molecule has 0 unspecified atom stereocenters. The van der Waals surface area contributed by atoms with Gasteiger partial charge in [-0.05, 0) is 80.7 Å². The predicted octanol–water partition coefficient (Wildman–Crippen LogP) is 6.62. The van der Waals surface area contributed by atoms with Gasteiger partial charge in [-0.15, -0.1) is 0 Å². The summed E-state index contributed by atoms with van der Waals surface area (Å²) in [5.74, 6) is 1.35. The van der Waals surface area contributed by atoms with Crippen LogP contribution in [0.3, 0.4) is 0 Å². The van der Waals surface area contributed by atoms with Crippen molar-refractivity contribution in [1.82, 2.24) is 19.9 Å². The maximum Gasteiger partial charge on any atom is 0.488 e. The number of nitrogens with one attached hydrogen (secondary N) is 2. The van der Waals surface area contributed by atoms with Crippen LogP contribution >= 0.6 is 25.9 Å². The van der Waals surface area contributed by atoms with Crippen molar-refractivity contribution in [2.24, 2.45) is 0 Å². The van der Waals surface area contributed by atoms with E-state index in [0.29, 0.717) is 16.4 Å². The fourth-order valence-corrected chi connectivity index (χ4v) is 6.20. The Hall–Kier alpha value is -4.63. The maximum absolute atomic E-state index is 12.0. The summed E-state index contributed by atoms with van der Waals surface area (Å²) in [5, 5.41) is 25.6. The van der Waals surface area contributed by atoms with Gasteiger partial charge in [0.1, 0.15) is 43.7 Å². The first-order valence-electron chi connectivity index (χ1n) is 15.4. The van der Waals surface area contributed by atoms with Gasteiger partial charge in [-0.2, -0.15) is 0 Å². The van der Waals surface area contributed by atoms with Crippen molar-refractivity contribution in [3.05, 3.63) is 139 Å². The average Bonchev–Trinajstić information content (AvgIpc) is 3.09. The zero-order valence-electron chi connectivity index (χ0n) is 28.1. The molecule has 0 fully saturated rings. The summed E-state index contributed by atoms with van der Waals surface area (Å²) in [6, 6.07) is 37.2. The Balaban J connectivity index is 0.000000184. The molecule has 0 aliphatic carbocycles. The summed E-state index contributed by atoms with van der Waals surface area (Å²) in [5.41, 5.74) is 4.21. The van der Waals surface area contributed by atoms with E-state index < -0.39 is 21.4 Å². The van der Waals surface area contributed by atoms with E-state index in [0.717, 1.165) is 39.1 Å². The molecular weight excluding hydrogens is 689 g/mol. The van der Waals surface area contributed by atoms with Crippen molar-refractivity contribution in [3.8, 4) is 11.3 Å². The summed E-state index contributed by atoms with van der Waals surface area (Å²) < 4.78 is 23.9. The van der Waals surface area contributed by atoms with E-state index in [1.54, 1.807) is 63.3 Å². The largest absolute Gasteiger partial charge is 0.488 e. The number of benzene rings is 4. The van der Waals surface area contributed by atoms with Gasteiger partial charge in [0.2, 0.25) is 0 Å². The summed E-state index contributed by atoms with van der Waals surface area (Å²) in [6.45, 7) is 7.04. The maximum atomic E-state index is 12.0. The molecule has 10 nitrogen and oxygen atoms in total. The number of rotatable bonds is 8. The Morgan fingerprint density at radius 1 is 0.580 bits per heavy atom. The number of hydrogen-bond donors (Lipinski definition) is 4. The SMILES string of the molecule is CP(C)(=O)c1ccc(Nc2cc(-c3ccccc3)ncn2)cc1.CP(C)(=O)c1ccc(Nc2cc(Cl)ncn2)cc1.OB(O)c1ccccc1. The van der Waals surface area contributed by atoms with E-state index in [2.05, 4.69) is 30.6 Å². The standard InChI is InChI=1S/C18H18N3OP.C12H13ClN3OP.C6H7BO2/c1-23(2,22)16-10-8-15(9-11-16)21-18-12-17(19-13-20-18)14-6-4-3-5-7-14;1-18(2,17)10-5-3-9(4-6-10)16-12-7-11(13)14-8-15-12;8-7(9)6-4-2-1-3-5-6/h3-13H,1-2H3,(H,19,20,21);3-8H,1-2H3,(H,14,15,16);1-5,8-9H. The van der Waals surface area contributed by atoms with E-state index in [9.17, 15) is 9.13 Å². The van der Waals surface area contributed by atoms with Crippen LogP contribution < -0.4 is 26.7 Å². The zero-order valence-corrected chi connectivity index (χ0v) is 30.6. The Morgan fingerprint density at radius 2 is 1.02 bits per heavy atom. The third-order valence-electron chi connectivity index (χ3n) is 6.99. The van der Waals surface area contributed by atoms with Gasteiger partial charge in [0.25, 0.3) is 0 Å². The van der Waals surface area contributed by atoms with Gasteiger partial charge < -0.3 is 29.8 Å². The van der Waals surface area contributed by atoms with Crippen LogP contribution in [0.15, 0.2) is 134 Å². The molecule has 4 N–H and O–H groups in total. The lowest BCUT2D eigenvalue weighted by Crippen LogP contribution is -2.29. The third-order valence-corrected chi connectivity index (χ3v) is 10.3. The second-order valence-electron chi connectivity index (χ2n) is 11.7. The first kappa shape index (κ1) is 38.2. The highest BCUT2D eigenvalue weighted by atomic mass is 35.5. The number of halogens is 1. The van der Waals surface area contributed by atoms with Crippen LogP contribution in [0.25, 0.3) is 11.3 Å². The minimum Gasteiger partial charge on any atom is -0.423 e. The second-order valence-corrected chi connectivity index (χ2v) is 18.5. The van der Waals surface area contributed by atoms with Crippen LogP contribution in [0.1, 0.15) is 0 Å². The zero-order chi connectivity index (χ0) is 36.1. The molecule has 2 aromatic heterocycles. The van der Waals surface area contributed by atoms with Gasteiger partial charge >= 0.3 is 7.12 Å². The summed E-state index contributed by atoms with van der Waals surface area (Å²) in [6.07, 6.45) is 2.94. The number of anilines is 4. The number of nitrogens with zero attached hydrogens (tertiary/aromatic N) is 4. The van der Waals surface area contributed by atoms with E-state index in [-0.39, 0.29) is 0 Å². The summed E-state index contributed by atoms with van der Waals surface area (Å²) in [4.78, 5) is 16.4. The van der Waals surface area contributed by atoms with Crippen LogP contribution in [0.5, 0.6) is 0 Å². The van der Waals surface area contributed by atoms with Gasteiger partial charge in [-0.1, -0.05) is 72.3 Å². The van der Waals surface area contributed by atoms with Gasteiger partial charge in [-0.3, -0.25) is 0 Å². The molecule has 0 spiro atoms. The van der Waals surface area contributed by atoms with Crippen LogP contribution in [0.4, 0.5) is 23.0 Å². The Morgan fingerprint density at radius 3 is 1.44 bits per heavy atom. The highest BCUT2D eigenvalue weighted by molar-refractivity contribution is 7.70. The molecule has 0 atom stereocenters. The summed E-state index contributed by atoms with van der Waals surface area (Å²) in [7, 11) is -5.77. The van der Waals surface area contributed by atoms with Crippen LogP contribution in [0.2, 0.25) is 5.15 Å². The lowest BCUT2D eigenvalue weighted by atomic mass is 9.81. The number of aromatic nitrogens is 4. The highest BCUT2D eigenvalue weighted by Gasteiger charge is 2.12. The molecule has 0 aliphatic heterocycles. The van der Waals surface area contributed by atoms with Crippen molar-refractivity contribution < 1.29 is 19.2 Å². The monoisotopic (exact) mass is 726 g/mol. The van der Waals surface area contributed by atoms with Crippen molar-refractivity contribution in [2.45, 2.75) is 0 Å². The topological polar surface area (TPSA) is 150 Å². The van der Waals surface area contributed by atoms with Crippen LogP contribution in [-0.4, -0.2) is 63.8 Å². The predicted molar refractivity (Wildman–Crippen MR) is 208 cm³/mol. The molecule has 256 valence electrons. The molecule has 0 amide bonds. The minimum atomic E-state index is -2.22. The first-order chi connectivity index (χ1) is 23.8. The van der Waals surface area contributed by atoms with E-state index >= 15 is 0 Å². The smallest absolute Gasteiger partial charge is 0.423 e. The van der Waals surface area contributed by atoms with Gasteiger partial charge in [0.05, 0.1) is 5.69 Å². The van der Waals surface area contributed by atoms with E-state index in [1.807, 2.05) is 91.0 Å². The lowest BCUT2D eigenvalue weighted by Gasteiger charge is -2.10. The van der Waals surface area contributed by atoms with E-state index in [4.69, 9.17) is 21.6 Å². The third kappa shape index (κ3) is 12.4. The molecule has 0 bridgehead atoms. The average molecular weight is 727 g/mol. The van der Waals surface area contributed by atoms with Crippen molar-refractivity contribution in [1.29, 1.82) is 0 Å². The molecule has 2 heterocycles. The molecule has 0 radical (unpaired) electrons. The fourth-order valence-electron chi connectivity index (χ4n) is 4.32. The molecule has 0 saturated carbocycles. The molecule has 6 rings (SSSR count). The second kappa shape index (κ2) is 17.9. The lowest BCUT2D eigenvalue weighted by molar-refractivity contribution is 0.426. The molecule has 14 heteroatoms. The molecule has 4 aromatic carbocycles. The van der Waals surface area contributed by atoms with Gasteiger partial charge in [0, 0.05) is 39.7 Å². The Kier molecular flexibility index (Phi) is 13.6. The fraction of sp³-hybridized carbons (Fsp3) is 0.111. The molecule has 0 aliphatic rings. The quantitative estimate of drug-likeness (QED) is 0.0766. The molecule has 0 saturated heterocycles. The normalized spacial score (nSPS) is 10.9. The molecular formula is C36H38BClN6O4P2. The van der Waals surface area contributed by atoms with E-state index in [1.165, 1.54) is 6.33 Å². The van der Waals surface area contributed by atoms with Crippen molar-refractivity contribution >= 4 is 72.1 Å². The molecule has 6 aromatic rings. The van der Waals surface area contributed by atoms with Gasteiger partial charge in [0.15, 0.2) is 0 Å². The Bertz CT molecular complexity index is 2050. The highest BCUT2D eigenvalue weighted by Crippen LogP contribution is 2.35. The minimum absolute atomic E-state index is 0.385. The summed E-state index contributed by atoms with van der Waals surface area (Å²) >= 11 is 5.77. The first-order valence-corrected chi connectivity index (χ1v) is 21.0. The number of hydrogen-bond acceptors (Lipinski definition) is 10. The van der Waals surface area contributed by atoms with Gasteiger partial charge in [-0.25, -0.2) is 19.9 Å². The molecule has 50 heavy (non-hydrogen) atoms. The van der Waals surface area contributed by atoms with Crippen molar-refractivity contribution in [2.75, 3.05) is 37.3 Å². The Labute approximate surface area is 298 Å².